The molecule has 0 aliphatic carbocycles. The fourth-order valence-electron chi connectivity index (χ4n) is 1.84. The zero-order valence-corrected chi connectivity index (χ0v) is 13.2. The second-order valence-corrected chi connectivity index (χ2v) is 4.79. The predicted molar refractivity (Wildman–Crippen MR) is 90.7 cm³/mol. The zero-order valence-electron chi connectivity index (χ0n) is 13.2. The lowest BCUT2D eigenvalue weighted by molar-refractivity contribution is 0.417. The molecule has 128 valence electrons. The van der Waals surface area contributed by atoms with Crippen LogP contribution in [0, 0.1) is 22.6 Å². The molecule has 1 heterocycles. The fourth-order valence-corrected chi connectivity index (χ4v) is 1.84. The largest absolute Gasteiger partial charge is 0.381 e. The van der Waals surface area contributed by atoms with E-state index in [9.17, 15) is 4.39 Å². The van der Waals surface area contributed by atoms with Gasteiger partial charge in [0, 0.05) is 18.2 Å². The minimum absolute atomic E-state index is 0.0284. The van der Waals surface area contributed by atoms with E-state index in [1.807, 2.05) is 6.07 Å². The number of hydrazone groups is 1. The van der Waals surface area contributed by atoms with E-state index in [0.29, 0.717) is 17.0 Å². The number of rotatable bonds is 8. The van der Waals surface area contributed by atoms with Gasteiger partial charge in [0.2, 0.25) is 0 Å². The van der Waals surface area contributed by atoms with E-state index >= 15 is 0 Å². The number of benzene rings is 1. The van der Waals surface area contributed by atoms with Crippen LogP contribution < -0.4 is 16.5 Å². The Morgan fingerprint density at radius 3 is 2.92 bits per heavy atom. The van der Waals surface area contributed by atoms with Crippen molar-refractivity contribution in [3.05, 3.63) is 59.7 Å². The van der Waals surface area contributed by atoms with Crippen molar-refractivity contribution in [2.24, 2.45) is 10.8 Å². The van der Waals surface area contributed by atoms with E-state index in [-0.39, 0.29) is 30.5 Å². The monoisotopic (exact) mass is 341 g/mol. The van der Waals surface area contributed by atoms with Crippen LogP contribution in [0.25, 0.3) is 5.70 Å². The summed E-state index contributed by atoms with van der Waals surface area (Å²) in [5.74, 6) is -0.449. The molecule has 0 saturated carbocycles. The Morgan fingerprint density at radius 2 is 2.24 bits per heavy atom. The SMILES string of the molecule is N#CCN/N=C(\N)C(=N)/C=C(\NCc1ccccc1F)c1ccon1. The highest BCUT2D eigenvalue weighted by molar-refractivity contribution is 6.44. The van der Waals surface area contributed by atoms with Crippen molar-refractivity contribution in [2.45, 2.75) is 6.54 Å². The average molecular weight is 341 g/mol. The number of nitrogens with zero attached hydrogens (tertiary/aromatic N) is 3. The highest BCUT2D eigenvalue weighted by Crippen LogP contribution is 2.12. The van der Waals surface area contributed by atoms with Crippen molar-refractivity contribution in [3.63, 3.8) is 0 Å². The molecule has 9 heteroatoms. The van der Waals surface area contributed by atoms with Crippen LogP contribution in [-0.2, 0) is 6.54 Å². The number of halogens is 1. The Morgan fingerprint density at radius 1 is 1.44 bits per heavy atom. The van der Waals surface area contributed by atoms with Crippen LogP contribution in [0.1, 0.15) is 11.3 Å². The lowest BCUT2D eigenvalue weighted by Crippen LogP contribution is -2.26. The zero-order chi connectivity index (χ0) is 18.1. The number of nitriles is 1. The van der Waals surface area contributed by atoms with E-state index in [1.54, 1.807) is 24.3 Å². The van der Waals surface area contributed by atoms with Gasteiger partial charge in [0.05, 0.1) is 11.8 Å². The Bertz CT molecular complexity index is 821. The summed E-state index contributed by atoms with van der Waals surface area (Å²) < 4.78 is 18.5. The van der Waals surface area contributed by atoms with Crippen molar-refractivity contribution in [3.8, 4) is 6.07 Å². The molecule has 0 saturated heterocycles. The van der Waals surface area contributed by atoms with Crippen LogP contribution >= 0.6 is 0 Å². The Hall–Kier alpha value is -3.67. The van der Waals surface area contributed by atoms with Crippen LogP contribution in [0.2, 0.25) is 0 Å². The quantitative estimate of drug-likeness (QED) is 0.188. The van der Waals surface area contributed by atoms with Crippen molar-refractivity contribution < 1.29 is 8.91 Å². The van der Waals surface area contributed by atoms with Gasteiger partial charge in [-0.2, -0.15) is 10.4 Å². The molecular weight excluding hydrogens is 325 g/mol. The first kappa shape index (κ1) is 17.7. The number of nitrogens with two attached hydrogens (primary N) is 1. The van der Waals surface area contributed by atoms with Crippen molar-refractivity contribution in [1.82, 2.24) is 15.9 Å². The fraction of sp³-hybridized carbons (Fsp3) is 0.125. The predicted octanol–water partition coefficient (Wildman–Crippen LogP) is 1.35. The number of amidine groups is 1. The van der Waals surface area contributed by atoms with Gasteiger partial charge in [-0.25, -0.2) is 4.39 Å². The summed E-state index contributed by atoms with van der Waals surface area (Å²) in [7, 11) is 0. The van der Waals surface area contributed by atoms with Crippen LogP contribution in [0.3, 0.4) is 0 Å². The molecule has 0 aliphatic heterocycles. The first-order valence-electron chi connectivity index (χ1n) is 7.23. The molecule has 1 aromatic carbocycles. The van der Waals surface area contributed by atoms with Crippen LogP contribution in [-0.4, -0.2) is 23.2 Å². The van der Waals surface area contributed by atoms with Crippen LogP contribution in [0.4, 0.5) is 4.39 Å². The first-order valence-corrected chi connectivity index (χ1v) is 7.23. The summed E-state index contributed by atoms with van der Waals surface area (Å²) >= 11 is 0. The van der Waals surface area contributed by atoms with Gasteiger partial charge < -0.3 is 15.6 Å². The van der Waals surface area contributed by atoms with Crippen LogP contribution in [0.15, 0.2) is 52.3 Å². The molecule has 5 N–H and O–H groups in total. The van der Waals surface area contributed by atoms with Gasteiger partial charge in [-0.3, -0.25) is 10.8 Å². The minimum Gasteiger partial charge on any atom is -0.381 e. The van der Waals surface area contributed by atoms with Gasteiger partial charge in [-0.1, -0.05) is 23.4 Å². The van der Waals surface area contributed by atoms with E-state index in [4.69, 9.17) is 20.9 Å². The Balaban J connectivity index is 2.16. The summed E-state index contributed by atoms with van der Waals surface area (Å²) in [5.41, 5.74) is 9.28. The standard InChI is InChI=1S/C16H16FN7O/c17-12-4-2-1-3-11(12)10-21-15(14-5-8-25-24-14)9-13(19)16(20)23-22-7-6-18/h1-5,8-9,19,21-22H,7,10H2,(H2,20,23)/b15-9-,19-13?. The van der Waals surface area contributed by atoms with Crippen molar-refractivity contribution in [1.29, 1.82) is 10.7 Å². The maximum Gasteiger partial charge on any atom is 0.168 e. The molecule has 0 bridgehead atoms. The smallest absolute Gasteiger partial charge is 0.168 e. The molecule has 0 atom stereocenters. The van der Waals surface area contributed by atoms with Crippen LogP contribution in [0.5, 0.6) is 0 Å². The second-order valence-electron chi connectivity index (χ2n) is 4.79. The van der Waals surface area contributed by atoms with Crippen molar-refractivity contribution >= 4 is 17.2 Å². The molecule has 0 amide bonds. The van der Waals surface area contributed by atoms with E-state index in [1.165, 1.54) is 18.4 Å². The third kappa shape index (κ3) is 5.18. The Labute approximate surface area is 143 Å². The topological polar surface area (TPSA) is 136 Å². The summed E-state index contributed by atoms with van der Waals surface area (Å²) in [6, 6.07) is 9.78. The van der Waals surface area contributed by atoms with E-state index in [0.717, 1.165) is 0 Å². The van der Waals surface area contributed by atoms with Gasteiger partial charge in [-0.15, -0.1) is 0 Å². The highest BCUT2D eigenvalue weighted by atomic mass is 19.1. The average Bonchev–Trinajstić information content (AvgIpc) is 3.14. The molecular formula is C16H16FN7O. The van der Waals surface area contributed by atoms with E-state index in [2.05, 4.69) is 21.0 Å². The minimum atomic E-state index is -0.341. The van der Waals surface area contributed by atoms with Gasteiger partial charge in [0.15, 0.2) is 5.84 Å². The third-order valence-corrected chi connectivity index (χ3v) is 3.06. The molecule has 0 spiro atoms. The Kier molecular flexibility index (Phi) is 6.24. The first-order chi connectivity index (χ1) is 12.1. The molecule has 2 rings (SSSR count). The summed E-state index contributed by atoms with van der Waals surface area (Å²) in [6.07, 6.45) is 2.77. The maximum atomic E-state index is 13.7. The lowest BCUT2D eigenvalue weighted by atomic mass is 10.2. The second kappa shape index (κ2) is 8.83. The molecule has 0 aliphatic rings. The maximum absolute atomic E-state index is 13.7. The summed E-state index contributed by atoms with van der Waals surface area (Å²) in [4.78, 5) is 0. The number of hydrogen-bond donors (Lipinski definition) is 4. The van der Waals surface area contributed by atoms with Crippen molar-refractivity contribution in [2.75, 3.05) is 6.54 Å². The van der Waals surface area contributed by atoms with Gasteiger partial charge in [0.1, 0.15) is 30.0 Å². The molecule has 0 unspecified atom stereocenters. The third-order valence-electron chi connectivity index (χ3n) is 3.06. The molecule has 2 aromatic rings. The molecule has 1 aromatic heterocycles. The lowest BCUT2D eigenvalue weighted by Gasteiger charge is -2.10. The highest BCUT2D eigenvalue weighted by Gasteiger charge is 2.10. The summed E-state index contributed by atoms with van der Waals surface area (Å²) in [6.45, 7) is 0.155. The van der Waals surface area contributed by atoms with E-state index < -0.39 is 0 Å². The van der Waals surface area contributed by atoms with Gasteiger partial charge >= 0.3 is 0 Å². The van der Waals surface area contributed by atoms with Gasteiger partial charge in [-0.05, 0) is 12.1 Å². The molecule has 0 fully saturated rings. The summed E-state index contributed by atoms with van der Waals surface area (Å²) in [5, 5.41) is 26.9. The number of aromatic nitrogens is 1. The molecule has 25 heavy (non-hydrogen) atoms. The molecule has 8 nitrogen and oxygen atoms in total. The normalized spacial score (nSPS) is 11.7. The van der Waals surface area contributed by atoms with Gasteiger partial charge in [0.25, 0.3) is 0 Å². The number of nitrogens with one attached hydrogen (secondary N) is 3. The molecule has 0 radical (unpaired) electrons. The number of hydrogen-bond acceptors (Lipinski definition) is 7.